The Morgan fingerprint density at radius 2 is 1.78 bits per heavy atom. The summed E-state index contributed by atoms with van der Waals surface area (Å²) in [4.78, 5) is 24.6. The number of alkyl halides is 1. The summed E-state index contributed by atoms with van der Waals surface area (Å²) in [6.07, 6.45) is 10.6. The fraction of sp³-hybridized carbons (Fsp3) is 0.826. The molecule has 0 aromatic rings. The summed E-state index contributed by atoms with van der Waals surface area (Å²) in [5, 5.41) is 0.288. The number of esters is 1. The van der Waals surface area contributed by atoms with E-state index >= 15 is 0 Å². The van der Waals surface area contributed by atoms with E-state index in [1.165, 1.54) is 13.3 Å². The summed E-state index contributed by atoms with van der Waals surface area (Å²) in [5.41, 5.74) is 0.678. The van der Waals surface area contributed by atoms with Crippen LogP contribution in [0.3, 0.4) is 0 Å². The van der Waals surface area contributed by atoms with Gasteiger partial charge in [-0.2, -0.15) is 0 Å². The second-order valence-corrected chi connectivity index (χ2v) is 10.7. The highest BCUT2D eigenvalue weighted by Crippen LogP contribution is 2.68. The molecule has 4 heteroatoms. The lowest BCUT2D eigenvalue weighted by atomic mass is 9.47. The molecule has 4 aliphatic carbocycles. The molecule has 4 aliphatic rings. The summed E-state index contributed by atoms with van der Waals surface area (Å²) in [6.45, 7) is 7.74. The lowest BCUT2D eigenvalue weighted by molar-refractivity contribution is -0.186. The van der Waals surface area contributed by atoms with E-state index in [0.29, 0.717) is 24.2 Å². The van der Waals surface area contributed by atoms with Gasteiger partial charge >= 0.3 is 5.97 Å². The van der Waals surface area contributed by atoms with E-state index in [1.807, 2.05) is 0 Å². The number of carbonyl (C=O) groups excluding carboxylic acids is 2. The average Bonchev–Trinajstić information content (AvgIpc) is 2.89. The predicted octanol–water partition coefficient (Wildman–Crippen LogP) is 5.45. The molecule has 3 nitrogen and oxygen atoms in total. The van der Waals surface area contributed by atoms with Gasteiger partial charge in [-0.1, -0.05) is 25.5 Å². The molecule has 0 bridgehead atoms. The molecule has 3 fully saturated rings. The van der Waals surface area contributed by atoms with Crippen LogP contribution >= 0.6 is 11.6 Å². The molecule has 7 atom stereocenters. The first-order valence-corrected chi connectivity index (χ1v) is 11.1. The van der Waals surface area contributed by atoms with Crippen LogP contribution < -0.4 is 0 Å². The van der Waals surface area contributed by atoms with Gasteiger partial charge in [-0.05, 0) is 81.5 Å². The van der Waals surface area contributed by atoms with Crippen molar-refractivity contribution in [3.8, 4) is 0 Å². The molecule has 0 aromatic heterocycles. The molecule has 0 unspecified atom stereocenters. The van der Waals surface area contributed by atoms with Crippen molar-refractivity contribution >= 4 is 23.4 Å². The standard InChI is InChI=1S/C23H33ClO3/c1-14(25)23(27-15(2)26)12-9-20-18-6-5-16-13-17(24)7-10-21(16,3)19(18)8-11-22(20,23)4/h5,17-20H,6-13H2,1-4H3/t17-,18+,19-,20-,21-,22-,23-/m0/s1. The van der Waals surface area contributed by atoms with E-state index in [2.05, 4.69) is 19.9 Å². The van der Waals surface area contributed by atoms with Gasteiger partial charge in [0.05, 0.1) is 0 Å². The van der Waals surface area contributed by atoms with Gasteiger partial charge in [-0.3, -0.25) is 9.59 Å². The number of hydrogen-bond acceptors (Lipinski definition) is 3. The normalized spacial score (nSPS) is 48.7. The molecule has 0 aliphatic heterocycles. The third-order valence-corrected chi connectivity index (χ3v) is 9.42. The molecule has 0 heterocycles. The summed E-state index contributed by atoms with van der Waals surface area (Å²) in [6, 6.07) is 0. The zero-order valence-corrected chi connectivity index (χ0v) is 17.9. The topological polar surface area (TPSA) is 43.4 Å². The highest BCUT2D eigenvalue weighted by molar-refractivity contribution is 6.20. The first kappa shape index (κ1) is 19.5. The molecule has 0 aromatic carbocycles. The molecule has 0 radical (unpaired) electrons. The van der Waals surface area contributed by atoms with Crippen LogP contribution in [0.25, 0.3) is 0 Å². The van der Waals surface area contributed by atoms with Gasteiger partial charge in [0.1, 0.15) is 0 Å². The Balaban J connectivity index is 1.70. The summed E-state index contributed by atoms with van der Waals surface area (Å²) in [5.74, 6) is 1.40. The van der Waals surface area contributed by atoms with Crippen molar-refractivity contribution in [1.29, 1.82) is 0 Å². The second-order valence-electron chi connectivity index (χ2n) is 10.1. The van der Waals surface area contributed by atoms with Crippen molar-refractivity contribution < 1.29 is 14.3 Å². The second kappa shape index (κ2) is 6.34. The number of allylic oxidation sites excluding steroid dienone is 2. The van der Waals surface area contributed by atoms with Crippen LogP contribution in [0.2, 0.25) is 0 Å². The Kier molecular flexibility index (Phi) is 4.57. The predicted molar refractivity (Wildman–Crippen MR) is 107 cm³/mol. The highest BCUT2D eigenvalue weighted by atomic mass is 35.5. The van der Waals surface area contributed by atoms with Crippen molar-refractivity contribution in [3.63, 3.8) is 0 Å². The SMILES string of the molecule is CC(=O)O[C@]1(C(C)=O)CC[C@H]2[C@@H]3CC=C4C[C@@H](Cl)CC[C@]4(C)[C@H]3CC[C@@]21C. The van der Waals surface area contributed by atoms with Crippen molar-refractivity contribution in [3.05, 3.63) is 11.6 Å². The minimum absolute atomic E-state index is 0.0297. The maximum atomic E-state index is 12.7. The van der Waals surface area contributed by atoms with Gasteiger partial charge in [0, 0.05) is 17.7 Å². The fourth-order valence-electron chi connectivity index (χ4n) is 7.68. The number of fused-ring (bicyclic) bond motifs is 5. The molecule has 150 valence electrons. The molecular formula is C23H33ClO3. The molecule has 0 N–H and O–H groups in total. The minimum atomic E-state index is -0.923. The number of carbonyl (C=O) groups is 2. The van der Waals surface area contributed by atoms with Crippen LogP contribution in [-0.4, -0.2) is 22.7 Å². The zero-order chi connectivity index (χ0) is 19.6. The van der Waals surface area contributed by atoms with E-state index in [1.54, 1.807) is 12.5 Å². The van der Waals surface area contributed by atoms with Crippen LogP contribution in [0.15, 0.2) is 11.6 Å². The maximum Gasteiger partial charge on any atom is 0.303 e. The van der Waals surface area contributed by atoms with E-state index in [0.717, 1.165) is 38.5 Å². The third-order valence-electron chi connectivity index (χ3n) is 9.05. The average molecular weight is 393 g/mol. The summed E-state index contributed by atoms with van der Waals surface area (Å²) < 4.78 is 5.84. The number of ether oxygens (including phenoxy) is 1. The van der Waals surface area contributed by atoms with E-state index in [4.69, 9.17) is 16.3 Å². The molecule has 0 amide bonds. The zero-order valence-electron chi connectivity index (χ0n) is 17.1. The Morgan fingerprint density at radius 3 is 2.44 bits per heavy atom. The molecule has 4 rings (SSSR count). The van der Waals surface area contributed by atoms with Crippen molar-refractivity contribution in [2.24, 2.45) is 28.6 Å². The minimum Gasteiger partial charge on any atom is -0.451 e. The first-order valence-electron chi connectivity index (χ1n) is 10.7. The lowest BCUT2D eigenvalue weighted by Crippen LogP contribution is -2.58. The van der Waals surface area contributed by atoms with Crippen LogP contribution in [0.1, 0.15) is 79.1 Å². The number of ketones is 1. The maximum absolute atomic E-state index is 12.7. The van der Waals surface area contributed by atoms with Crippen LogP contribution in [0, 0.1) is 28.6 Å². The van der Waals surface area contributed by atoms with Crippen molar-refractivity contribution in [1.82, 2.24) is 0 Å². The number of halogens is 1. The molecule has 0 saturated heterocycles. The summed E-state index contributed by atoms with van der Waals surface area (Å²) in [7, 11) is 0. The number of rotatable bonds is 2. The molecule has 0 spiro atoms. The number of hydrogen-bond donors (Lipinski definition) is 0. The van der Waals surface area contributed by atoms with Gasteiger partial charge in [-0.25, -0.2) is 0 Å². The quantitative estimate of drug-likeness (QED) is 0.356. The van der Waals surface area contributed by atoms with Crippen molar-refractivity contribution in [2.75, 3.05) is 0 Å². The van der Waals surface area contributed by atoms with Crippen LogP contribution in [-0.2, 0) is 14.3 Å². The largest absolute Gasteiger partial charge is 0.451 e. The van der Waals surface area contributed by atoms with E-state index in [-0.39, 0.29) is 28.0 Å². The smallest absolute Gasteiger partial charge is 0.303 e. The van der Waals surface area contributed by atoms with Crippen LogP contribution in [0.4, 0.5) is 0 Å². The molecule has 3 saturated carbocycles. The lowest BCUT2D eigenvalue weighted by Gasteiger charge is -2.59. The van der Waals surface area contributed by atoms with Gasteiger partial charge < -0.3 is 4.74 Å². The Bertz CT molecular complexity index is 700. The van der Waals surface area contributed by atoms with Gasteiger partial charge in [0.25, 0.3) is 0 Å². The Labute approximate surface area is 168 Å². The highest BCUT2D eigenvalue weighted by Gasteiger charge is 2.67. The summed E-state index contributed by atoms with van der Waals surface area (Å²) >= 11 is 6.48. The van der Waals surface area contributed by atoms with E-state index in [9.17, 15) is 9.59 Å². The van der Waals surface area contributed by atoms with Gasteiger partial charge in [-0.15, -0.1) is 11.6 Å². The van der Waals surface area contributed by atoms with Crippen LogP contribution in [0.5, 0.6) is 0 Å². The third kappa shape index (κ3) is 2.59. The molecular weight excluding hydrogens is 360 g/mol. The fourth-order valence-corrected chi connectivity index (χ4v) is 7.95. The first-order chi connectivity index (χ1) is 12.6. The van der Waals surface area contributed by atoms with Gasteiger partial charge in [0.15, 0.2) is 11.4 Å². The van der Waals surface area contributed by atoms with Crippen molar-refractivity contribution in [2.45, 2.75) is 90.0 Å². The number of Topliss-reactive ketones (excluding diaryl/α,β-unsaturated/α-hetero) is 1. The monoisotopic (exact) mass is 392 g/mol. The molecule has 27 heavy (non-hydrogen) atoms. The van der Waals surface area contributed by atoms with E-state index < -0.39 is 5.60 Å². The van der Waals surface area contributed by atoms with Gasteiger partial charge in [0.2, 0.25) is 0 Å². The Morgan fingerprint density at radius 1 is 1.07 bits per heavy atom. The Hall–Kier alpha value is -0.830.